The normalized spacial score (nSPS) is 12.1. The Balaban J connectivity index is 2.15. The van der Waals surface area contributed by atoms with E-state index in [0.29, 0.717) is 11.6 Å². The van der Waals surface area contributed by atoms with Gasteiger partial charge in [0.1, 0.15) is 6.26 Å². The molecule has 7 nitrogen and oxygen atoms in total. The summed E-state index contributed by atoms with van der Waals surface area (Å²) >= 11 is 0. The van der Waals surface area contributed by atoms with Gasteiger partial charge in [-0.2, -0.15) is 0 Å². The minimum absolute atomic E-state index is 0.0915. The topological polar surface area (TPSA) is 98.3 Å². The highest BCUT2D eigenvalue weighted by Crippen LogP contribution is 2.18. The molecule has 1 unspecified atom stereocenters. The molecule has 0 fully saturated rings. The number of rotatable bonds is 4. The first-order valence-corrected chi connectivity index (χ1v) is 5.21. The van der Waals surface area contributed by atoms with Crippen LogP contribution in [-0.2, 0) is 0 Å². The molecule has 2 heterocycles. The fourth-order valence-corrected chi connectivity index (χ4v) is 1.39. The van der Waals surface area contributed by atoms with Crippen LogP contribution in [0.2, 0.25) is 0 Å². The number of ether oxygens (including phenoxy) is 1. The Morgan fingerprint density at radius 1 is 1.50 bits per heavy atom. The van der Waals surface area contributed by atoms with Gasteiger partial charge in [-0.05, 0) is 13.8 Å². The van der Waals surface area contributed by atoms with Gasteiger partial charge in [-0.15, -0.1) is 0 Å². The lowest BCUT2D eigenvalue weighted by molar-refractivity contribution is 0.0688. The van der Waals surface area contributed by atoms with Gasteiger partial charge in [0.25, 0.3) is 0 Å². The summed E-state index contributed by atoms with van der Waals surface area (Å²) in [7, 11) is 0. The summed E-state index contributed by atoms with van der Waals surface area (Å²) in [6, 6.07) is 0. The van der Waals surface area contributed by atoms with Crippen LogP contribution in [0.4, 0.5) is 0 Å². The van der Waals surface area contributed by atoms with E-state index in [1.54, 1.807) is 13.8 Å². The van der Waals surface area contributed by atoms with Crippen LogP contribution in [0, 0.1) is 6.92 Å². The Hall–Kier alpha value is -2.44. The van der Waals surface area contributed by atoms with Gasteiger partial charge in [0.15, 0.2) is 11.8 Å². The number of carbonyl (C=O) groups is 1. The molecule has 0 aliphatic heterocycles. The zero-order chi connectivity index (χ0) is 13.1. The smallest absolute Gasteiger partial charge is 0.356 e. The van der Waals surface area contributed by atoms with Crippen LogP contribution in [-0.4, -0.2) is 26.0 Å². The van der Waals surface area contributed by atoms with Crippen molar-refractivity contribution in [2.45, 2.75) is 20.0 Å². The SMILES string of the molecule is Cc1nc(OC(C)c2ncco2)cnc1C(=O)O. The van der Waals surface area contributed by atoms with Crippen molar-refractivity contribution in [1.82, 2.24) is 15.0 Å². The summed E-state index contributed by atoms with van der Waals surface area (Å²) < 4.78 is 10.5. The molecule has 2 aromatic heterocycles. The van der Waals surface area contributed by atoms with E-state index in [9.17, 15) is 4.79 Å². The minimum Gasteiger partial charge on any atom is -0.476 e. The summed E-state index contributed by atoms with van der Waals surface area (Å²) in [6.45, 7) is 3.30. The quantitative estimate of drug-likeness (QED) is 0.878. The highest BCUT2D eigenvalue weighted by molar-refractivity contribution is 5.86. The molecular weight excluding hydrogens is 238 g/mol. The zero-order valence-corrected chi connectivity index (χ0v) is 9.82. The molecule has 1 atom stereocenters. The van der Waals surface area contributed by atoms with Gasteiger partial charge in [-0.1, -0.05) is 0 Å². The van der Waals surface area contributed by atoms with Gasteiger partial charge >= 0.3 is 5.97 Å². The Morgan fingerprint density at radius 3 is 2.83 bits per heavy atom. The molecule has 0 bridgehead atoms. The first kappa shape index (κ1) is 12.0. The first-order chi connectivity index (χ1) is 8.58. The third kappa shape index (κ3) is 2.45. The summed E-state index contributed by atoms with van der Waals surface area (Å²) in [4.78, 5) is 22.5. The van der Waals surface area contributed by atoms with Crippen LogP contribution in [0.3, 0.4) is 0 Å². The second-order valence-electron chi connectivity index (χ2n) is 3.58. The van der Waals surface area contributed by atoms with E-state index in [4.69, 9.17) is 14.3 Å². The highest BCUT2D eigenvalue weighted by atomic mass is 16.5. The lowest BCUT2D eigenvalue weighted by atomic mass is 10.3. The molecule has 0 spiro atoms. The number of hydrogen-bond acceptors (Lipinski definition) is 6. The average Bonchev–Trinajstić information content (AvgIpc) is 2.81. The van der Waals surface area contributed by atoms with Crippen molar-refractivity contribution in [2.75, 3.05) is 0 Å². The monoisotopic (exact) mass is 249 g/mol. The molecule has 0 saturated heterocycles. The number of carboxylic acids is 1. The minimum atomic E-state index is -1.12. The van der Waals surface area contributed by atoms with Crippen molar-refractivity contribution >= 4 is 5.97 Å². The van der Waals surface area contributed by atoms with Crippen molar-refractivity contribution in [1.29, 1.82) is 0 Å². The Labute approximate surface area is 102 Å². The van der Waals surface area contributed by atoms with Crippen LogP contribution in [0.1, 0.15) is 35.1 Å². The fourth-order valence-electron chi connectivity index (χ4n) is 1.39. The molecule has 0 aliphatic rings. The second kappa shape index (κ2) is 4.82. The van der Waals surface area contributed by atoms with Crippen molar-refractivity contribution in [3.8, 4) is 5.88 Å². The van der Waals surface area contributed by atoms with Gasteiger partial charge in [-0.25, -0.2) is 19.7 Å². The highest BCUT2D eigenvalue weighted by Gasteiger charge is 2.15. The van der Waals surface area contributed by atoms with Crippen LogP contribution in [0.15, 0.2) is 23.1 Å². The van der Waals surface area contributed by atoms with Gasteiger partial charge < -0.3 is 14.3 Å². The number of aromatic nitrogens is 3. The number of nitrogens with zero attached hydrogens (tertiary/aromatic N) is 3. The van der Waals surface area contributed by atoms with Crippen molar-refractivity contribution in [3.63, 3.8) is 0 Å². The lowest BCUT2D eigenvalue weighted by Crippen LogP contribution is -2.09. The standard InChI is InChI=1S/C11H11N3O4/c1-6-9(11(15)16)13-5-8(14-6)18-7(2)10-12-3-4-17-10/h3-5,7H,1-2H3,(H,15,16). The second-order valence-corrected chi connectivity index (χ2v) is 3.58. The number of aryl methyl sites for hydroxylation is 1. The van der Waals surface area contributed by atoms with Gasteiger partial charge in [0.05, 0.1) is 18.1 Å². The Bertz CT molecular complexity index is 553. The largest absolute Gasteiger partial charge is 0.476 e. The molecule has 18 heavy (non-hydrogen) atoms. The molecule has 94 valence electrons. The van der Waals surface area contributed by atoms with E-state index >= 15 is 0 Å². The molecule has 0 aliphatic carbocycles. The van der Waals surface area contributed by atoms with Crippen molar-refractivity contribution in [3.05, 3.63) is 35.9 Å². The maximum Gasteiger partial charge on any atom is 0.356 e. The number of oxazole rings is 1. The van der Waals surface area contributed by atoms with Crippen LogP contribution >= 0.6 is 0 Å². The van der Waals surface area contributed by atoms with E-state index in [0.717, 1.165) is 0 Å². The van der Waals surface area contributed by atoms with Crippen LogP contribution in [0.5, 0.6) is 5.88 Å². The summed E-state index contributed by atoms with van der Waals surface area (Å²) in [5.41, 5.74) is 0.200. The van der Waals surface area contributed by atoms with E-state index in [1.807, 2.05) is 0 Å². The van der Waals surface area contributed by atoms with E-state index in [-0.39, 0.29) is 11.6 Å². The predicted molar refractivity (Wildman–Crippen MR) is 59.3 cm³/mol. The maximum absolute atomic E-state index is 10.8. The van der Waals surface area contributed by atoms with Crippen LogP contribution in [0.25, 0.3) is 0 Å². The lowest BCUT2D eigenvalue weighted by Gasteiger charge is -2.10. The average molecular weight is 249 g/mol. The molecule has 2 rings (SSSR count). The Kier molecular flexibility index (Phi) is 3.22. The van der Waals surface area contributed by atoms with Gasteiger partial charge in [0, 0.05) is 0 Å². The van der Waals surface area contributed by atoms with E-state index in [1.165, 1.54) is 18.7 Å². The molecule has 0 saturated carbocycles. The zero-order valence-electron chi connectivity index (χ0n) is 9.82. The molecule has 7 heteroatoms. The van der Waals surface area contributed by atoms with Gasteiger partial charge in [0.2, 0.25) is 11.8 Å². The number of hydrogen-bond donors (Lipinski definition) is 1. The van der Waals surface area contributed by atoms with Crippen LogP contribution < -0.4 is 4.74 Å². The van der Waals surface area contributed by atoms with E-state index in [2.05, 4.69) is 15.0 Å². The third-order valence-electron chi connectivity index (χ3n) is 2.22. The first-order valence-electron chi connectivity index (χ1n) is 5.21. The molecule has 2 aromatic rings. The summed E-state index contributed by atoms with van der Waals surface area (Å²) in [6.07, 6.45) is 3.79. The molecular formula is C11H11N3O4. The molecule has 1 N–H and O–H groups in total. The fraction of sp³-hybridized carbons (Fsp3) is 0.273. The van der Waals surface area contributed by atoms with Crippen molar-refractivity contribution in [2.24, 2.45) is 0 Å². The van der Waals surface area contributed by atoms with E-state index < -0.39 is 12.1 Å². The van der Waals surface area contributed by atoms with Crippen molar-refractivity contribution < 1.29 is 19.1 Å². The predicted octanol–water partition coefficient (Wildman–Crippen LogP) is 1.61. The summed E-state index contributed by atoms with van der Waals surface area (Å²) in [5.74, 6) is -0.479. The maximum atomic E-state index is 10.8. The molecule has 0 amide bonds. The summed E-state index contributed by atoms with van der Waals surface area (Å²) in [5, 5.41) is 8.82. The molecule has 0 aromatic carbocycles. The third-order valence-corrected chi connectivity index (χ3v) is 2.22. The van der Waals surface area contributed by atoms with Gasteiger partial charge in [-0.3, -0.25) is 0 Å². The molecule has 0 radical (unpaired) electrons. The number of carboxylic acid groups (broad SMARTS) is 1. The number of aromatic carboxylic acids is 1. The Morgan fingerprint density at radius 2 is 2.28 bits per heavy atom.